The van der Waals surface area contributed by atoms with Crippen molar-refractivity contribution in [2.45, 2.75) is 25.7 Å². The molecule has 0 saturated carbocycles. The third-order valence-electron chi connectivity index (χ3n) is 5.86. The van der Waals surface area contributed by atoms with Crippen molar-refractivity contribution < 1.29 is 0 Å². The van der Waals surface area contributed by atoms with Gasteiger partial charge in [-0.2, -0.15) is 0 Å². The van der Waals surface area contributed by atoms with E-state index < -0.39 is 7.26 Å². The van der Waals surface area contributed by atoms with Crippen LogP contribution in [0.4, 0.5) is 0 Å². The molecular formula is C29H29IP+. The Labute approximate surface area is 201 Å². The normalized spacial score (nSPS) is 11.4. The Bertz CT molecular complexity index is 965. The lowest BCUT2D eigenvalue weighted by atomic mass is 10.1. The Morgan fingerprint density at radius 2 is 0.935 bits per heavy atom. The third kappa shape index (κ3) is 4.78. The molecule has 0 aromatic heterocycles. The first-order valence-electron chi connectivity index (χ1n) is 11.1. The van der Waals surface area contributed by atoms with E-state index >= 15 is 0 Å². The molecule has 0 spiro atoms. The fourth-order valence-electron chi connectivity index (χ4n) is 4.46. The smallest absolute Gasteiger partial charge is 0.0864 e. The molecule has 0 atom stereocenters. The summed E-state index contributed by atoms with van der Waals surface area (Å²) in [6.45, 7) is 0. The van der Waals surface area contributed by atoms with Crippen molar-refractivity contribution in [1.29, 1.82) is 0 Å². The molecule has 0 amide bonds. The van der Waals surface area contributed by atoms with Crippen LogP contribution in [-0.4, -0.2) is 4.43 Å². The van der Waals surface area contributed by atoms with Crippen LogP contribution in [0.25, 0.3) is 0 Å². The lowest BCUT2D eigenvalue weighted by molar-refractivity contribution is 0.728. The Kier molecular flexibility index (Phi) is 7.94. The van der Waals surface area contributed by atoms with Gasteiger partial charge in [0.15, 0.2) is 0 Å². The average molecular weight is 535 g/mol. The highest BCUT2D eigenvalue weighted by molar-refractivity contribution is 14.1. The Balaban J connectivity index is 1.98. The number of benzene rings is 4. The number of rotatable bonds is 9. The second kappa shape index (κ2) is 11.1. The van der Waals surface area contributed by atoms with Gasteiger partial charge in [0.2, 0.25) is 0 Å². The van der Waals surface area contributed by atoms with Crippen molar-refractivity contribution in [3.05, 3.63) is 121 Å². The maximum absolute atomic E-state index is 2.49. The van der Waals surface area contributed by atoms with E-state index in [4.69, 9.17) is 0 Å². The highest BCUT2D eigenvalue weighted by atomic mass is 127. The van der Waals surface area contributed by atoms with Crippen molar-refractivity contribution in [1.82, 2.24) is 0 Å². The van der Waals surface area contributed by atoms with Crippen molar-refractivity contribution in [2.24, 2.45) is 0 Å². The second-order valence-electron chi connectivity index (χ2n) is 7.81. The van der Waals surface area contributed by atoms with Gasteiger partial charge in [0, 0.05) is 0 Å². The summed E-state index contributed by atoms with van der Waals surface area (Å²) in [5, 5.41) is 5.78. The van der Waals surface area contributed by atoms with Crippen LogP contribution in [0, 0.1) is 0 Å². The van der Waals surface area contributed by atoms with E-state index in [0.717, 1.165) is 6.42 Å². The molecule has 4 aromatic carbocycles. The Hall–Kier alpha value is -1.96. The predicted octanol–water partition coefficient (Wildman–Crippen LogP) is 6.45. The van der Waals surface area contributed by atoms with Crippen LogP contribution in [0.5, 0.6) is 0 Å². The fraction of sp³-hybridized carbons (Fsp3) is 0.172. The third-order valence-corrected chi connectivity index (χ3v) is 11.0. The van der Waals surface area contributed by atoms with Crippen LogP contribution in [0.2, 0.25) is 0 Å². The molecule has 0 N–H and O–H groups in total. The Morgan fingerprint density at radius 1 is 0.484 bits per heavy atom. The van der Waals surface area contributed by atoms with Gasteiger partial charge >= 0.3 is 0 Å². The van der Waals surface area contributed by atoms with E-state index in [2.05, 4.69) is 138 Å². The van der Waals surface area contributed by atoms with E-state index in [0.29, 0.717) is 0 Å². The van der Waals surface area contributed by atoms with Gasteiger partial charge in [-0.05, 0) is 71.7 Å². The average Bonchev–Trinajstić information content (AvgIpc) is 2.85. The van der Waals surface area contributed by atoms with Crippen LogP contribution in [0.1, 0.15) is 24.8 Å². The van der Waals surface area contributed by atoms with Gasteiger partial charge in [0.05, 0.1) is 0 Å². The molecule has 4 rings (SSSR count). The van der Waals surface area contributed by atoms with Gasteiger partial charge < -0.3 is 0 Å². The number of hydrogen-bond acceptors (Lipinski definition) is 0. The zero-order valence-corrected chi connectivity index (χ0v) is 20.9. The number of alkyl halides is 1. The summed E-state index contributed by atoms with van der Waals surface area (Å²) >= 11 is 2.49. The van der Waals surface area contributed by atoms with Gasteiger partial charge in [0.1, 0.15) is 28.5 Å². The van der Waals surface area contributed by atoms with Gasteiger partial charge in [0.25, 0.3) is 0 Å². The summed E-state index contributed by atoms with van der Waals surface area (Å²) in [4.78, 5) is 0. The number of halogens is 1. The largest absolute Gasteiger partial charge is 0.144 e. The lowest BCUT2D eigenvalue weighted by Crippen LogP contribution is -2.40. The van der Waals surface area contributed by atoms with Crippen LogP contribution in [0.15, 0.2) is 115 Å². The highest BCUT2D eigenvalue weighted by Gasteiger charge is 2.48. The molecule has 0 fully saturated rings. The predicted molar refractivity (Wildman–Crippen MR) is 148 cm³/mol. The fourth-order valence-corrected chi connectivity index (χ4v) is 9.51. The van der Waals surface area contributed by atoms with Crippen molar-refractivity contribution in [3.8, 4) is 0 Å². The Morgan fingerprint density at radius 3 is 1.42 bits per heavy atom. The maximum atomic E-state index is 2.49. The molecule has 2 heteroatoms. The zero-order valence-electron chi connectivity index (χ0n) is 17.8. The summed E-state index contributed by atoms with van der Waals surface area (Å²) in [6, 6.07) is 42.8. The summed E-state index contributed by atoms with van der Waals surface area (Å²) in [7, 11) is -2.00. The van der Waals surface area contributed by atoms with Crippen LogP contribution < -0.4 is 21.2 Å². The van der Waals surface area contributed by atoms with Crippen molar-refractivity contribution >= 4 is 51.1 Å². The molecule has 31 heavy (non-hydrogen) atoms. The molecular weight excluding hydrogens is 506 g/mol. The summed E-state index contributed by atoms with van der Waals surface area (Å²) in [5.41, 5.74) is 1.50. The standard InChI is InChI=1S/C29H29IP/c30-24-14-4-5-15-25-16-12-13-23-29(25)31(26-17-6-1-7-18-26,27-19-8-2-9-20-27)28-21-10-3-11-22-28/h1-3,6-13,16-23H,4-5,14-15,24H2/q+1. The van der Waals surface area contributed by atoms with Gasteiger partial charge in [-0.25, -0.2) is 0 Å². The first-order chi connectivity index (χ1) is 15.4. The molecule has 0 unspecified atom stereocenters. The van der Waals surface area contributed by atoms with Crippen molar-refractivity contribution in [3.63, 3.8) is 0 Å². The maximum Gasteiger partial charge on any atom is 0.144 e. The van der Waals surface area contributed by atoms with Crippen LogP contribution >= 0.6 is 29.9 Å². The van der Waals surface area contributed by atoms with E-state index in [1.165, 1.54) is 50.5 Å². The molecule has 0 saturated heterocycles. The quantitative estimate of drug-likeness (QED) is 0.100. The molecule has 0 nitrogen and oxygen atoms in total. The van der Waals surface area contributed by atoms with Gasteiger partial charge in [-0.15, -0.1) is 0 Å². The lowest BCUT2D eigenvalue weighted by Gasteiger charge is -2.29. The van der Waals surface area contributed by atoms with Gasteiger partial charge in [-0.3, -0.25) is 0 Å². The molecule has 0 heterocycles. The minimum atomic E-state index is -2.00. The number of aryl methyl sites for hydroxylation is 1. The SMILES string of the molecule is ICCCCCc1ccccc1[P+](c1ccccc1)(c1ccccc1)c1ccccc1. The minimum Gasteiger partial charge on any atom is -0.0864 e. The molecule has 156 valence electrons. The molecule has 0 aliphatic carbocycles. The molecule has 0 radical (unpaired) electrons. The molecule has 0 aliphatic heterocycles. The van der Waals surface area contributed by atoms with Gasteiger partial charge in [-0.1, -0.05) is 102 Å². The first kappa shape index (κ1) is 22.2. The summed E-state index contributed by atoms with van der Waals surface area (Å²) < 4.78 is 1.24. The molecule has 4 aromatic rings. The zero-order chi connectivity index (χ0) is 21.4. The van der Waals surface area contributed by atoms with E-state index in [1.54, 1.807) is 0 Å². The topological polar surface area (TPSA) is 0 Å². The van der Waals surface area contributed by atoms with E-state index in [-0.39, 0.29) is 0 Å². The monoisotopic (exact) mass is 535 g/mol. The highest BCUT2D eigenvalue weighted by Crippen LogP contribution is 2.54. The summed E-state index contributed by atoms with van der Waals surface area (Å²) in [6.07, 6.45) is 4.99. The molecule has 0 aliphatic rings. The van der Waals surface area contributed by atoms with Crippen LogP contribution in [0.3, 0.4) is 0 Å². The van der Waals surface area contributed by atoms with Crippen molar-refractivity contribution in [2.75, 3.05) is 4.43 Å². The first-order valence-corrected chi connectivity index (χ1v) is 14.4. The second-order valence-corrected chi connectivity index (χ2v) is 12.3. The summed E-state index contributed by atoms with van der Waals surface area (Å²) in [5.74, 6) is 0. The van der Waals surface area contributed by atoms with Crippen LogP contribution in [-0.2, 0) is 6.42 Å². The van der Waals surface area contributed by atoms with E-state index in [9.17, 15) is 0 Å². The number of unbranched alkanes of at least 4 members (excludes halogenated alkanes) is 2. The minimum absolute atomic E-state index is 1.14. The molecule has 0 bridgehead atoms. The number of hydrogen-bond donors (Lipinski definition) is 0. The van der Waals surface area contributed by atoms with E-state index in [1.807, 2.05) is 0 Å².